The first kappa shape index (κ1) is 22.0. The fraction of sp³-hybridized carbons (Fsp3) is 0.292. The van der Waals surface area contributed by atoms with Gasteiger partial charge in [-0.3, -0.25) is 13.9 Å². The number of ether oxygens (including phenoxy) is 2. The molecular formula is C24H23ClN2O5S. The van der Waals surface area contributed by atoms with Crippen molar-refractivity contribution in [3.8, 4) is 11.5 Å². The first-order chi connectivity index (χ1) is 16.0. The van der Waals surface area contributed by atoms with E-state index in [4.69, 9.17) is 25.5 Å². The number of fused-ring (bicyclic) bond motifs is 1. The molecule has 5 rings (SSSR count). The minimum Gasteiger partial charge on any atom is -0.455 e. The molecule has 3 heterocycles. The molecule has 1 amide bonds. The van der Waals surface area contributed by atoms with Crippen LogP contribution < -0.4 is 9.47 Å². The van der Waals surface area contributed by atoms with Gasteiger partial charge in [0.05, 0.1) is 16.6 Å². The molecule has 1 atom stereocenters. The number of hydrogen-bond acceptors (Lipinski definition) is 6. The first-order valence-corrected chi connectivity index (χ1v) is 12.4. The minimum atomic E-state index is -1.27. The molecule has 0 N–H and O–H groups in total. The SMILES string of the molecule is O=C(c1ccc(C[S@@](=O)c2ccc(Cl)cc2)o1)N1CCN(Cc2ccc3c(c2)OCO3)CC1. The number of hydrogen-bond donors (Lipinski definition) is 0. The van der Waals surface area contributed by atoms with E-state index in [2.05, 4.69) is 4.90 Å². The summed E-state index contributed by atoms with van der Waals surface area (Å²) in [7, 11) is -1.27. The lowest BCUT2D eigenvalue weighted by Gasteiger charge is -2.34. The highest BCUT2D eigenvalue weighted by molar-refractivity contribution is 7.84. The molecule has 0 saturated carbocycles. The molecule has 1 aromatic heterocycles. The number of rotatable bonds is 6. The van der Waals surface area contributed by atoms with Gasteiger partial charge in [-0.25, -0.2) is 0 Å². The molecule has 0 bridgehead atoms. The Morgan fingerprint density at radius 3 is 2.48 bits per heavy atom. The summed E-state index contributed by atoms with van der Waals surface area (Å²) in [5.41, 5.74) is 1.16. The summed E-state index contributed by atoms with van der Waals surface area (Å²) < 4.78 is 29.1. The zero-order valence-electron chi connectivity index (χ0n) is 17.9. The molecule has 2 aliphatic heterocycles. The number of carbonyl (C=O) groups excluding carboxylic acids is 1. The Morgan fingerprint density at radius 1 is 0.939 bits per heavy atom. The van der Waals surface area contributed by atoms with Gasteiger partial charge in [0.25, 0.3) is 5.91 Å². The van der Waals surface area contributed by atoms with Crippen molar-refractivity contribution in [2.75, 3.05) is 33.0 Å². The maximum Gasteiger partial charge on any atom is 0.289 e. The van der Waals surface area contributed by atoms with Crippen LogP contribution >= 0.6 is 11.6 Å². The van der Waals surface area contributed by atoms with E-state index in [1.54, 1.807) is 41.3 Å². The molecule has 0 aliphatic carbocycles. The molecule has 33 heavy (non-hydrogen) atoms. The summed E-state index contributed by atoms with van der Waals surface area (Å²) >= 11 is 5.89. The summed E-state index contributed by atoms with van der Waals surface area (Å²) in [5.74, 6) is 2.44. The standard InChI is InChI=1S/C24H23ClN2O5S/c25-18-2-5-20(6-3-18)33(29)15-19-4-8-22(32-19)24(28)27-11-9-26(10-12-27)14-17-1-7-21-23(13-17)31-16-30-21/h1-8,13H,9-12,14-16H2/t33-/m1/s1. The third-order valence-electron chi connectivity index (χ3n) is 5.72. The van der Waals surface area contributed by atoms with Gasteiger partial charge in [0.2, 0.25) is 6.79 Å². The molecule has 1 fully saturated rings. The zero-order valence-corrected chi connectivity index (χ0v) is 19.4. The van der Waals surface area contributed by atoms with Crippen LogP contribution in [0.3, 0.4) is 0 Å². The fourth-order valence-corrected chi connectivity index (χ4v) is 5.08. The van der Waals surface area contributed by atoms with E-state index in [1.165, 1.54) is 0 Å². The first-order valence-electron chi connectivity index (χ1n) is 10.7. The highest BCUT2D eigenvalue weighted by atomic mass is 35.5. The molecule has 0 spiro atoms. The number of halogens is 1. The molecule has 1 saturated heterocycles. The molecule has 9 heteroatoms. The maximum atomic E-state index is 12.9. The largest absolute Gasteiger partial charge is 0.455 e. The quantitative estimate of drug-likeness (QED) is 0.525. The second-order valence-electron chi connectivity index (χ2n) is 7.97. The Kier molecular flexibility index (Phi) is 6.39. The van der Waals surface area contributed by atoms with Gasteiger partial charge in [0.15, 0.2) is 17.3 Å². The number of benzene rings is 2. The summed E-state index contributed by atoms with van der Waals surface area (Å²) in [6.07, 6.45) is 0. The third-order valence-corrected chi connectivity index (χ3v) is 7.32. The Labute approximate surface area is 199 Å². The van der Waals surface area contributed by atoms with E-state index in [-0.39, 0.29) is 24.2 Å². The third kappa shape index (κ3) is 5.08. The van der Waals surface area contributed by atoms with Crippen molar-refractivity contribution in [2.24, 2.45) is 0 Å². The van der Waals surface area contributed by atoms with Crippen LogP contribution in [-0.4, -0.2) is 52.9 Å². The number of amides is 1. The number of carbonyl (C=O) groups is 1. The van der Waals surface area contributed by atoms with E-state index in [1.807, 2.05) is 18.2 Å². The van der Waals surface area contributed by atoms with Gasteiger partial charge in [-0.15, -0.1) is 0 Å². The van der Waals surface area contributed by atoms with Crippen LogP contribution in [0.5, 0.6) is 11.5 Å². The van der Waals surface area contributed by atoms with E-state index < -0.39 is 10.8 Å². The van der Waals surface area contributed by atoms with Gasteiger partial charge in [-0.05, 0) is 54.1 Å². The van der Waals surface area contributed by atoms with Crippen molar-refractivity contribution < 1.29 is 22.9 Å². The highest BCUT2D eigenvalue weighted by Gasteiger charge is 2.25. The monoisotopic (exact) mass is 486 g/mol. The highest BCUT2D eigenvalue weighted by Crippen LogP contribution is 2.33. The van der Waals surface area contributed by atoms with Crippen molar-refractivity contribution in [1.82, 2.24) is 9.80 Å². The van der Waals surface area contributed by atoms with Gasteiger partial charge < -0.3 is 18.8 Å². The van der Waals surface area contributed by atoms with Crippen LogP contribution in [0.1, 0.15) is 21.9 Å². The summed E-state index contributed by atoms with van der Waals surface area (Å²) in [6, 6.07) is 16.3. The Bertz CT molecular complexity index is 1170. The van der Waals surface area contributed by atoms with Crippen LogP contribution in [-0.2, 0) is 23.1 Å². The average Bonchev–Trinajstić information content (AvgIpc) is 3.49. The Morgan fingerprint density at radius 2 is 1.70 bits per heavy atom. The smallest absolute Gasteiger partial charge is 0.289 e. The molecule has 172 valence electrons. The number of nitrogens with zero attached hydrogens (tertiary/aromatic N) is 2. The van der Waals surface area contributed by atoms with Gasteiger partial charge in [-0.1, -0.05) is 17.7 Å². The maximum absolute atomic E-state index is 12.9. The van der Waals surface area contributed by atoms with Crippen molar-refractivity contribution >= 4 is 28.3 Å². The van der Waals surface area contributed by atoms with Crippen LogP contribution in [0.25, 0.3) is 0 Å². The van der Waals surface area contributed by atoms with Gasteiger partial charge in [0.1, 0.15) is 5.76 Å². The molecule has 0 unspecified atom stereocenters. The molecule has 2 aromatic carbocycles. The van der Waals surface area contributed by atoms with Crippen LogP contribution in [0.15, 0.2) is 63.9 Å². The second kappa shape index (κ2) is 9.59. The van der Waals surface area contributed by atoms with E-state index in [9.17, 15) is 9.00 Å². The van der Waals surface area contributed by atoms with Crippen LogP contribution in [0.2, 0.25) is 5.02 Å². The normalized spacial score (nSPS) is 16.7. The van der Waals surface area contributed by atoms with Gasteiger partial charge >= 0.3 is 0 Å². The van der Waals surface area contributed by atoms with Crippen LogP contribution in [0.4, 0.5) is 0 Å². The predicted octanol–water partition coefficient (Wildman–Crippen LogP) is 3.93. The van der Waals surface area contributed by atoms with E-state index in [0.29, 0.717) is 28.8 Å². The number of piperazine rings is 1. The van der Waals surface area contributed by atoms with Crippen molar-refractivity contribution in [3.63, 3.8) is 0 Å². The number of furan rings is 1. The molecule has 7 nitrogen and oxygen atoms in total. The Hall–Kier alpha value is -2.81. The zero-order chi connectivity index (χ0) is 22.8. The van der Waals surface area contributed by atoms with E-state index in [0.717, 1.165) is 36.7 Å². The second-order valence-corrected chi connectivity index (χ2v) is 9.85. The van der Waals surface area contributed by atoms with Crippen LogP contribution in [0, 0.1) is 0 Å². The molecule has 3 aromatic rings. The molecule has 0 radical (unpaired) electrons. The average molecular weight is 487 g/mol. The summed E-state index contributed by atoms with van der Waals surface area (Å²) in [5, 5.41) is 0.595. The Balaban J connectivity index is 1.14. The van der Waals surface area contributed by atoms with Crippen molar-refractivity contribution in [1.29, 1.82) is 0 Å². The topological polar surface area (TPSA) is 72.2 Å². The summed E-state index contributed by atoms with van der Waals surface area (Å²) in [6.45, 7) is 3.85. The summed E-state index contributed by atoms with van der Waals surface area (Å²) in [4.78, 5) is 17.7. The lowest BCUT2D eigenvalue weighted by atomic mass is 10.1. The van der Waals surface area contributed by atoms with Gasteiger partial charge in [0, 0.05) is 42.6 Å². The molecule has 2 aliphatic rings. The lowest BCUT2D eigenvalue weighted by molar-refractivity contribution is 0.0596. The molecular weight excluding hydrogens is 464 g/mol. The van der Waals surface area contributed by atoms with Gasteiger partial charge in [-0.2, -0.15) is 0 Å². The fourth-order valence-electron chi connectivity index (χ4n) is 3.93. The van der Waals surface area contributed by atoms with Crippen molar-refractivity contribution in [3.05, 3.63) is 76.7 Å². The van der Waals surface area contributed by atoms with E-state index >= 15 is 0 Å². The lowest BCUT2D eigenvalue weighted by Crippen LogP contribution is -2.48. The van der Waals surface area contributed by atoms with Crippen molar-refractivity contribution in [2.45, 2.75) is 17.2 Å². The predicted molar refractivity (Wildman–Crippen MR) is 124 cm³/mol. The minimum absolute atomic E-state index is 0.138.